The van der Waals surface area contributed by atoms with Crippen LogP contribution in [0.25, 0.3) is 11.4 Å². The molecule has 17 heteroatoms. The van der Waals surface area contributed by atoms with Crippen molar-refractivity contribution < 1.29 is 27.0 Å². The maximum atomic E-state index is 13.0. The molecular formula is C16H27N9O6S2. The minimum atomic E-state index is -4.60. The molecule has 0 amide bonds. The number of sulfonamides is 2. The lowest BCUT2D eigenvalue weighted by Crippen LogP contribution is -2.47. The lowest BCUT2D eigenvalue weighted by molar-refractivity contribution is 0.186. The van der Waals surface area contributed by atoms with E-state index in [0.29, 0.717) is 38.4 Å². The van der Waals surface area contributed by atoms with Crippen molar-refractivity contribution in [2.24, 2.45) is 10.9 Å². The highest BCUT2D eigenvalue weighted by atomic mass is 32.2. The molecule has 2 heterocycles. The highest BCUT2D eigenvalue weighted by Crippen LogP contribution is 2.38. The molecule has 1 aliphatic heterocycles. The van der Waals surface area contributed by atoms with E-state index in [2.05, 4.69) is 25.3 Å². The van der Waals surface area contributed by atoms with E-state index in [4.69, 9.17) is 16.0 Å². The number of aliphatic hydroxyl groups is 2. The average Bonchev–Trinajstić information content (AvgIpc) is 3.31. The normalized spacial score (nSPS) is 16.8. The van der Waals surface area contributed by atoms with Gasteiger partial charge in [0.2, 0.25) is 25.9 Å². The summed E-state index contributed by atoms with van der Waals surface area (Å²) < 4.78 is 53.4. The molecule has 0 radical (unpaired) electrons. The smallest absolute Gasteiger partial charge is 0.242 e. The molecule has 15 nitrogen and oxygen atoms in total. The Balaban J connectivity index is 2.14. The summed E-state index contributed by atoms with van der Waals surface area (Å²) in [6, 6.07) is 2.59. The number of rotatable bonds is 10. The first-order valence-corrected chi connectivity index (χ1v) is 13.0. The van der Waals surface area contributed by atoms with E-state index in [0.717, 1.165) is 6.07 Å². The summed E-state index contributed by atoms with van der Waals surface area (Å²) in [6.07, 6.45) is -1.16. The molecule has 1 aromatic heterocycles. The maximum absolute atomic E-state index is 13.0. The summed E-state index contributed by atoms with van der Waals surface area (Å²) in [6.45, 7) is 2.04. The Bertz CT molecular complexity index is 1150. The van der Waals surface area contributed by atoms with Crippen LogP contribution in [0.1, 0.15) is 0 Å². The molecule has 0 saturated carbocycles. The third kappa shape index (κ3) is 5.82. The molecule has 3 rings (SSSR count). The van der Waals surface area contributed by atoms with E-state index in [9.17, 15) is 21.9 Å². The van der Waals surface area contributed by atoms with Crippen molar-refractivity contribution in [3.63, 3.8) is 0 Å². The zero-order valence-corrected chi connectivity index (χ0v) is 19.3. The molecule has 184 valence electrons. The van der Waals surface area contributed by atoms with Crippen LogP contribution in [0.5, 0.6) is 0 Å². The highest BCUT2D eigenvalue weighted by Gasteiger charge is 2.33. The molecule has 2 aromatic rings. The fourth-order valence-electron chi connectivity index (χ4n) is 3.52. The molecule has 1 saturated heterocycles. The number of β-amino-alcohol motifs (C(OH)–C–C–N with tert-alkyl or cyclic N) is 1. The first kappa shape index (κ1) is 25.4. The third-order valence-corrected chi connectivity index (χ3v) is 7.74. The van der Waals surface area contributed by atoms with E-state index in [1.807, 2.05) is 9.80 Å². The molecule has 1 aromatic carbocycles. The summed E-state index contributed by atoms with van der Waals surface area (Å²) in [5.41, 5.74) is 5.57. The topological polar surface area (TPSA) is 234 Å². The molecular weight excluding hydrogens is 478 g/mol. The zero-order chi connectivity index (χ0) is 24.2. The van der Waals surface area contributed by atoms with E-state index in [1.54, 1.807) is 0 Å². The standard InChI is InChI=1S/C16H27N9O6S2/c17-9-11(27)10-19-33(30,31)13-2-1-12(25-5-3-24(4-6-25)7-8-26)14(15(13)32(18,28)29)16-20-22-23-21-16/h1-2,11,19,26-27H,3-10,17H2,(H2,18,28,29)(H,20,21,22,23)/t11-/m1/s1. The number of H-pyrrole nitrogens is 1. The quantitative estimate of drug-likeness (QED) is 0.182. The molecule has 0 spiro atoms. The SMILES string of the molecule is NC[C@@H](O)CNS(=O)(=O)c1ccc(N2CCN(CCO)CC2)c(-c2nn[nH]n2)c1S(N)(=O)=O. The Kier molecular flexibility index (Phi) is 7.96. The highest BCUT2D eigenvalue weighted by molar-refractivity contribution is 7.92. The predicted octanol–water partition coefficient (Wildman–Crippen LogP) is -3.77. The second-order valence-corrected chi connectivity index (χ2v) is 10.6. The number of aromatic amines is 1. The molecule has 1 fully saturated rings. The number of tetrazole rings is 1. The van der Waals surface area contributed by atoms with Crippen LogP contribution < -0.4 is 20.5 Å². The van der Waals surface area contributed by atoms with Gasteiger partial charge >= 0.3 is 0 Å². The number of hydrogen-bond acceptors (Lipinski definition) is 12. The van der Waals surface area contributed by atoms with Gasteiger partial charge in [0, 0.05) is 51.5 Å². The van der Waals surface area contributed by atoms with Crippen molar-refractivity contribution in [1.82, 2.24) is 30.2 Å². The van der Waals surface area contributed by atoms with Gasteiger partial charge in [0.05, 0.1) is 18.3 Å². The summed E-state index contributed by atoms with van der Waals surface area (Å²) in [7, 11) is -9.02. The molecule has 33 heavy (non-hydrogen) atoms. The van der Waals surface area contributed by atoms with Gasteiger partial charge in [0.25, 0.3) is 0 Å². The number of aliphatic hydroxyl groups excluding tert-OH is 2. The Hall–Kier alpha value is -2.25. The van der Waals surface area contributed by atoms with Crippen LogP contribution in [0.3, 0.4) is 0 Å². The number of nitrogens with two attached hydrogens (primary N) is 2. The minimum Gasteiger partial charge on any atom is -0.395 e. The summed E-state index contributed by atoms with van der Waals surface area (Å²) in [5.74, 6) is -0.147. The fourth-order valence-corrected chi connectivity index (χ4v) is 6.18. The van der Waals surface area contributed by atoms with Crippen LogP contribution in [0, 0.1) is 0 Å². The third-order valence-electron chi connectivity index (χ3n) is 5.15. The average molecular weight is 506 g/mol. The van der Waals surface area contributed by atoms with E-state index < -0.39 is 42.5 Å². The van der Waals surface area contributed by atoms with Gasteiger partial charge in [-0.1, -0.05) is 0 Å². The largest absolute Gasteiger partial charge is 0.395 e. The minimum absolute atomic E-state index is 0.0160. The van der Waals surface area contributed by atoms with E-state index in [-0.39, 0.29) is 24.5 Å². The lowest BCUT2D eigenvalue weighted by atomic mass is 10.1. The summed E-state index contributed by atoms with van der Waals surface area (Å²) in [4.78, 5) is 2.60. The molecule has 1 atom stereocenters. The monoisotopic (exact) mass is 505 g/mol. The Morgan fingerprint density at radius 2 is 1.88 bits per heavy atom. The van der Waals surface area contributed by atoms with Crippen LogP contribution in [-0.2, 0) is 20.0 Å². The van der Waals surface area contributed by atoms with Gasteiger partial charge in [-0.2, -0.15) is 5.21 Å². The van der Waals surface area contributed by atoms with Crippen molar-refractivity contribution in [3.8, 4) is 11.4 Å². The van der Waals surface area contributed by atoms with Gasteiger partial charge in [-0.25, -0.2) is 26.7 Å². The van der Waals surface area contributed by atoms with Crippen molar-refractivity contribution in [1.29, 1.82) is 0 Å². The van der Waals surface area contributed by atoms with Crippen LogP contribution in [0.4, 0.5) is 5.69 Å². The Labute approximate surface area is 190 Å². The summed E-state index contributed by atoms with van der Waals surface area (Å²) in [5, 5.41) is 37.7. The van der Waals surface area contributed by atoms with E-state index in [1.165, 1.54) is 6.07 Å². The van der Waals surface area contributed by atoms with Crippen LogP contribution >= 0.6 is 0 Å². The second kappa shape index (κ2) is 10.3. The molecule has 0 bridgehead atoms. The summed E-state index contributed by atoms with van der Waals surface area (Å²) >= 11 is 0. The number of nitrogens with one attached hydrogen (secondary N) is 2. The van der Waals surface area contributed by atoms with Gasteiger partial charge in [-0.05, 0) is 17.3 Å². The number of aromatic nitrogens is 4. The van der Waals surface area contributed by atoms with Gasteiger partial charge < -0.3 is 20.8 Å². The number of piperazine rings is 1. The number of anilines is 1. The molecule has 1 aliphatic rings. The van der Waals surface area contributed by atoms with Crippen molar-refractivity contribution in [3.05, 3.63) is 12.1 Å². The van der Waals surface area contributed by atoms with Gasteiger partial charge in [0.1, 0.15) is 9.79 Å². The zero-order valence-electron chi connectivity index (χ0n) is 17.6. The maximum Gasteiger partial charge on any atom is 0.242 e. The first-order chi connectivity index (χ1) is 15.6. The molecule has 0 aliphatic carbocycles. The van der Waals surface area contributed by atoms with E-state index >= 15 is 0 Å². The fraction of sp³-hybridized carbons (Fsp3) is 0.562. The Morgan fingerprint density at radius 1 is 1.18 bits per heavy atom. The number of hydrogen-bond donors (Lipinski definition) is 6. The number of nitrogens with zero attached hydrogens (tertiary/aromatic N) is 5. The molecule has 8 N–H and O–H groups in total. The number of benzene rings is 1. The van der Waals surface area contributed by atoms with Gasteiger partial charge in [-0.3, -0.25) is 4.90 Å². The Morgan fingerprint density at radius 3 is 2.42 bits per heavy atom. The van der Waals surface area contributed by atoms with Crippen molar-refractivity contribution >= 4 is 25.7 Å². The van der Waals surface area contributed by atoms with Gasteiger partial charge in [0.15, 0.2) is 0 Å². The van der Waals surface area contributed by atoms with Gasteiger partial charge in [-0.15, -0.1) is 10.2 Å². The van der Waals surface area contributed by atoms with Crippen LogP contribution in [-0.4, -0.2) is 111 Å². The molecule has 0 unspecified atom stereocenters. The van der Waals surface area contributed by atoms with Crippen LogP contribution in [0.2, 0.25) is 0 Å². The lowest BCUT2D eigenvalue weighted by Gasteiger charge is -2.36. The van der Waals surface area contributed by atoms with Crippen LogP contribution in [0.15, 0.2) is 21.9 Å². The number of primary sulfonamides is 1. The van der Waals surface area contributed by atoms with Crippen molar-refractivity contribution in [2.75, 3.05) is 57.3 Å². The predicted molar refractivity (Wildman–Crippen MR) is 117 cm³/mol. The van der Waals surface area contributed by atoms with Crippen molar-refractivity contribution in [2.45, 2.75) is 15.9 Å². The second-order valence-electron chi connectivity index (χ2n) is 7.36. The first-order valence-electron chi connectivity index (χ1n) is 9.98.